The molecule has 0 bridgehead atoms. The number of alkyl halides is 3. The zero-order valence-corrected chi connectivity index (χ0v) is 12.0. The topological polar surface area (TPSA) is 12.0 Å². The monoisotopic (exact) mass is 365 g/mol. The van der Waals surface area contributed by atoms with Crippen LogP contribution in [0.5, 0.6) is 0 Å². The average molecular weight is 366 g/mol. The molecule has 0 atom stereocenters. The van der Waals surface area contributed by atoms with E-state index < -0.39 is 23.4 Å². The second kappa shape index (κ2) is 6.01. The molecule has 0 amide bonds. The van der Waals surface area contributed by atoms with Crippen LogP contribution in [0.15, 0.2) is 40.9 Å². The van der Waals surface area contributed by atoms with Crippen molar-refractivity contribution in [2.45, 2.75) is 12.7 Å². The Morgan fingerprint density at radius 3 is 2.10 bits per heavy atom. The third-order valence-corrected chi connectivity index (χ3v) is 3.10. The Hall–Kier alpha value is -1.63. The third-order valence-electron chi connectivity index (χ3n) is 2.64. The Kier molecular flexibility index (Phi) is 4.51. The van der Waals surface area contributed by atoms with Crippen molar-refractivity contribution in [3.63, 3.8) is 0 Å². The highest BCUT2D eigenvalue weighted by molar-refractivity contribution is 9.10. The molecular formula is C14H9BrF5N. The zero-order chi connectivity index (χ0) is 15.6. The van der Waals surface area contributed by atoms with Gasteiger partial charge in [0, 0.05) is 22.8 Å². The summed E-state index contributed by atoms with van der Waals surface area (Å²) < 4.78 is 64.3. The van der Waals surface area contributed by atoms with Crippen molar-refractivity contribution in [2.24, 2.45) is 0 Å². The summed E-state index contributed by atoms with van der Waals surface area (Å²) in [5.74, 6) is -1.48. The number of hydrogen-bond donors (Lipinski definition) is 1. The van der Waals surface area contributed by atoms with Crippen LogP contribution in [0.2, 0.25) is 0 Å². The normalized spacial score (nSPS) is 11.5. The predicted octanol–water partition coefficient (Wildman–Crippen LogP) is 5.36. The van der Waals surface area contributed by atoms with Gasteiger partial charge in [0.05, 0.1) is 5.56 Å². The zero-order valence-electron chi connectivity index (χ0n) is 10.4. The standard InChI is InChI=1S/C14H9BrF5N/c15-10-3-9(14(18,19)20)4-13(5-10)21-7-8-1-11(16)6-12(17)2-8/h1-6,21H,7H2. The van der Waals surface area contributed by atoms with Crippen molar-refractivity contribution in [2.75, 3.05) is 5.32 Å². The van der Waals surface area contributed by atoms with Crippen LogP contribution in [-0.2, 0) is 12.7 Å². The molecule has 1 nitrogen and oxygen atoms in total. The predicted molar refractivity (Wildman–Crippen MR) is 72.8 cm³/mol. The lowest BCUT2D eigenvalue weighted by Gasteiger charge is -2.12. The van der Waals surface area contributed by atoms with Crippen LogP contribution in [0.25, 0.3) is 0 Å². The van der Waals surface area contributed by atoms with Crippen LogP contribution in [0.4, 0.5) is 27.6 Å². The highest BCUT2D eigenvalue weighted by Gasteiger charge is 2.31. The summed E-state index contributed by atoms with van der Waals surface area (Å²) in [6.07, 6.45) is -4.47. The molecule has 0 aliphatic carbocycles. The summed E-state index contributed by atoms with van der Waals surface area (Å²) >= 11 is 2.99. The first-order chi connectivity index (χ1) is 9.74. The lowest BCUT2D eigenvalue weighted by atomic mass is 10.1. The largest absolute Gasteiger partial charge is 0.416 e. The molecule has 0 heterocycles. The molecule has 0 aromatic heterocycles. The van der Waals surface area contributed by atoms with E-state index in [1.165, 1.54) is 6.07 Å². The Bertz CT molecular complexity index is 634. The Morgan fingerprint density at radius 1 is 0.905 bits per heavy atom. The molecule has 21 heavy (non-hydrogen) atoms. The number of hydrogen-bond acceptors (Lipinski definition) is 1. The molecule has 0 aliphatic rings. The van der Waals surface area contributed by atoms with Crippen molar-refractivity contribution in [3.8, 4) is 0 Å². The minimum atomic E-state index is -4.47. The first kappa shape index (κ1) is 15.8. The SMILES string of the molecule is Fc1cc(F)cc(CNc2cc(Br)cc(C(F)(F)F)c2)c1. The maximum absolute atomic E-state index is 13.0. The number of halogens is 6. The molecule has 7 heteroatoms. The smallest absolute Gasteiger partial charge is 0.381 e. The molecule has 0 spiro atoms. The van der Waals surface area contributed by atoms with Crippen molar-refractivity contribution >= 4 is 21.6 Å². The molecule has 112 valence electrons. The van der Waals surface area contributed by atoms with Crippen molar-refractivity contribution in [3.05, 3.63) is 63.6 Å². The van der Waals surface area contributed by atoms with E-state index in [-0.39, 0.29) is 16.7 Å². The molecular weight excluding hydrogens is 357 g/mol. The van der Waals surface area contributed by atoms with E-state index in [2.05, 4.69) is 21.2 Å². The van der Waals surface area contributed by atoms with Gasteiger partial charge in [0.2, 0.25) is 0 Å². The van der Waals surface area contributed by atoms with E-state index in [0.29, 0.717) is 5.56 Å². The summed E-state index contributed by atoms with van der Waals surface area (Å²) in [6, 6.07) is 6.28. The molecule has 1 N–H and O–H groups in total. The molecule has 0 aliphatic heterocycles. The van der Waals surface area contributed by atoms with E-state index in [1.54, 1.807) is 0 Å². The highest BCUT2D eigenvalue weighted by atomic mass is 79.9. The van der Waals surface area contributed by atoms with E-state index in [0.717, 1.165) is 30.3 Å². The maximum Gasteiger partial charge on any atom is 0.416 e. The first-order valence-corrected chi connectivity index (χ1v) is 6.60. The van der Waals surface area contributed by atoms with E-state index in [1.807, 2.05) is 0 Å². The third kappa shape index (κ3) is 4.42. The number of rotatable bonds is 3. The summed E-state index contributed by atoms with van der Waals surface area (Å²) in [6.45, 7) is 0.00241. The van der Waals surface area contributed by atoms with Crippen LogP contribution in [-0.4, -0.2) is 0 Å². The van der Waals surface area contributed by atoms with Crippen LogP contribution >= 0.6 is 15.9 Å². The van der Waals surface area contributed by atoms with Gasteiger partial charge in [0.15, 0.2) is 0 Å². The molecule has 2 aromatic carbocycles. The average Bonchev–Trinajstić information content (AvgIpc) is 2.33. The molecule has 2 rings (SSSR count). The lowest BCUT2D eigenvalue weighted by molar-refractivity contribution is -0.137. The molecule has 2 aromatic rings. The van der Waals surface area contributed by atoms with Gasteiger partial charge in [-0.05, 0) is 35.9 Å². The van der Waals surface area contributed by atoms with Crippen LogP contribution < -0.4 is 5.32 Å². The molecule has 0 unspecified atom stereocenters. The molecule has 0 saturated heterocycles. The van der Waals surface area contributed by atoms with Gasteiger partial charge in [-0.2, -0.15) is 13.2 Å². The molecule has 0 saturated carbocycles. The maximum atomic E-state index is 13.0. The number of anilines is 1. The molecule has 0 fully saturated rings. The lowest BCUT2D eigenvalue weighted by Crippen LogP contribution is -2.07. The van der Waals surface area contributed by atoms with Gasteiger partial charge < -0.3 is 5.32 Å². The molecule has 0 radical (unpaired) electrons. The van der Waals surface area contributed by atoms with E-state index in [9.17, 15) is 22.0 Å². The fourth-order valence-electron chi connectivity index (χ4n) is 1.77. The van der Waals surface area contributed by atoms with Gasteiger partial charge in [-0.15, -0.1) is 0 Å². The van der Waals surface area contributed by atoms with E-state index >= 15 is 0 Å². The fourth-order valence-corrected chi connectivity index (χ4v) is 2.27. The van der Waals surface area contributed by atoms with Crippen LogP contribution in [0, 0.1) is 11.6 Å². The number of nitrogens with one attached hydrogen (secondary N) is 1. The summed E-state index contributed by atoms with van der Waals surface area (Å²) in [5, 5.41) is 2.71. The Balaban J connectivity index is 2.18. The summed E-state index contributed by atoms with van der Waals surface area (Å²) in [4.78, 5) is 0. The van der Waals surface area contributed by atoms with Gasteiger partial charge in [0.25, 0.3) is 0 Å². The van der Waals surface area contributed by atoms with Crippen LogP contribution in [0.3, 0.4) is 0 Å². The van der Waals surface area contributed by atoms with Gasteiger partial charge in [0.1, 0.15) is 11.6 Å². The summed E-state index contributed by atoms with van der Waals surface area (Å²) in [5.41, 5.74) is -0.327. The second-order valence-electron chi connectivity index (χ2n) is 4.36. The van der Waals surface area contributed by atoms with E-state index in [4.69, 9.17) is 0 Å². The van der Waals surface area contributed by atoms with Crippen molar-refractivity contribution < 1.29 is 22.0 Å². The highest BCUT2D eigenvalue weighted by Crippen LogP contribution is 2.33. The van der Waals surface area contributed by atoms with Gasteiger partial charge >= 0.3 is 6.18 Å². The van der Waals surface area contributed by atoms with Crippen molar-refractivity contribution in [1.29, 1.82) is 0 Å². The quantitative estimate of drug-likeness (QED) is 0.722. The van der Waals surface area contributed by atoms with Crippen molar-refractivity contribution in [1.82, 2.24) is 0 Å². The minimum absolute atomic E-state index is 0.00241. The van der Waals surface area contributed by atoms with Crippen LogP contribution in [0.1, 0.15) is 11.1 Å². The first-order valence-electron chi connectivity index (χ1n) is 5.81. The van der Waals surface area contributed by atoms with Gasteiger partial charge in [-0.1, -0.05) is 15.9 Å². The summed E-state index contributed by atoms with van der Waals surface area (Å²) in [7, 11) is 0. The minimum Gasteiger partial charge on any atom is -0.381 e. The Morgan fingerprint density at radius 2 is 1.52 bits per heavy atom. The van der Waals surface area contributed by atoms with Gasteiger partial charge in [-0.3, -0.25) is 0 Å². The second-order valence-corrected chi connectivity index (χ2v) is 5.27. The fraction of sp³-hybridized carbons (Fsp3) is 0.143. The number of benzene rings is 2. The van der Waals surface area contributed by atoms with Gasteiger partial charge in [-0.25, -0.2) is 8.78 Å². The Labute approximate surface area is 125 Å².